The van der Waals surface area contributed by atoms with E-state index >= 15 is 0 Å². The van der Waals surface area contributed by atoms with E-state index in [9.17, 15) is 9.59 Å². The normalized spacial score (nSPS) is 11.6. The van der Waals surface area contributed by atoms with Crippen LogP contribution in [0.5, 0.6) is 0 Å². The number of ether oxygens (including phenoxy) is 1. The Kier molecular flexibility index (Phi) is 5.48. The lowest BCUT2D eigenvalue weighted by Gasteiger charge is -2.13. The van der Waals surface area contributed by atoms with E-state index in [-0.39, 0.29) is 18.6 Å². The van der Waals surface area contributed by atoms with Gasteiger partial charge in [-0.2, -0.15) is 11.3 Å². The van der Waals surface area contributed by atoms with Gasteiger partial charge in [-0.3, -0.25) is 4.79 Å². The quantitative estimate of drug-likeness (QED) is 0.787. The molecule has 0 spiro atoms. The van der Waals surface area contributed by atoms with Crippen molar-refractivity contribution in [1.29, 1.82) is 0 Å². The first kappa shape index (κ1) is 13.5. The summed E-state index contributed by atoms with van der Waals surface area (Å²) in [7, 11) is 0. The summed E-state index contributed by atoms with van der Waals surface area (Å²) in [4.78, 5) is 22.4. The Labute approximate surface area is 104 Å². The summed E-state index contributed by atoms with van der Waals surface area (Å²) in [5, 5.41) is 9.08. The minimum Gasteiger partial charge on any atom is -0.465 e. The second kappa shape index (κ2) is 6.90. The van der Waals surface area contributed by atoms with Crippen LogP contribution in [0.3, 0.4) is 0 Å². The predicted molar refractivity (Wildman–Crippen MR) is 65.9 cm³/mol. The first-order chi connectivity index (χ1) is 8.13. The summed E-state index contributed by atoms with van der Waals surface area (Å²) < 4.78 is 4.69. The molecule has 0 saturated carbocycles. The van der Waals surface area contributed by atoms with Gasteiger partial charge in [0.25, 0.3) is 0 Å². The smallest absolute Gasteiger partial charge is 0.325 e. The lowest BCUT2D eigenvalue weighted by molar-refractivity contribution is -0.141. The number of thiophene rings is 1. The molecule has 2 N–H and O–H groups in total. The number of esters is 1. The van der Waals surface area contributed by atoms with Gasteiger partial charge in [-0.15, -0.1) is 0 Å². The molecule has 0 aliphatic carbocycles. The van der Waals surface area contributed by atoms with Crippen molar-refractivity contribution >= 4 is 23.3 Å². The highest BCUT2D eigenvalue weighted by Crippen LogP contribution is 2.14. The SMILES string of the molecule is CCOC(=O)CNC(=O)NC(C)c1ccsc1. The van der Waals surface area contributed by atoms with Gasteiger partial charge in [0, 0.05) is 0 Å². The van der Waals surface area contributed by atoms with Crippen molar-refractivity contribution in [2.24, 2.45) is 0 Å². The fourth-order valence-electron chi connectivity index (χ4n) is 1.22. The summed E-state index contributed by atoms with van der Waals surface area (Å²) in [6.07, 6.45) is 0. The Morgan fingerprint density at radius 3 is 2.88 bits per heavy atom. The number of carbonyl (C=O) groups is 2. The van der Waals surface area contributed by atoms with Gasteiger partial charge in [0.15, 0.2) is 0 Å². The molecule has 1 unspecified atom stereocenters. The van der Waals surface area contributed by atoms with Crippen LogP contribution < -0.4 is 10.6 Å². The monoisotopic (exact) mass is 256 g/mol. The Morgan fingerprint density at radius 1 is 1.53 bits per heavy atom. The van der Waals surface area contributed by atoms with Crippen molar-refractivity contribution in [3.63, 3.8) is 0 Å². The molecule has 94 valence electrons. The zero-order chi connectivity index (χ0) is 12.7. The van der Waals surface area contributed by atoms with Crippen molar-refractivity contribution < 1.29 is 14.3 Å². The van der Waals surface area contributed by atoms with Crippen molar-refractivity contribution in [3.8, 4) is 0 Å². The van der Waals surface area contributed by atoms with E-state index in [4.69, 9.17) is 0 Å². The lowest BCUT2D eigenvalue weighted by Crippen LogP contribution is -2.40. The first-order valence-electron chi connectivity index (χ1n) is 5.35. The van der Waals surface area contributed by atoms with Gasteiger partial charge < -0.3 is 15.4 Å². The maximum Gasteiger partial charge on any atom is 0.325 e. The summed E-state index contributed by atoms with van der Waals surface area (Å²) in [5.41, 5.74) is 1.04. The van der Waals surface area contributed by atoms with Crippen LogP contribution in [0.15, 0.2) is 16.8 Å². The number of carbonyl (C=O) groups excluding carboxylic acids is 2. The summed E-state index contributed by atoms with van der Waals surface area (Å²) >= 11 is 1.57. The van der Waals surface area contributed by atoms with Gasteiger partial charge in [0.2, 0.25) is 0 Å². The molecule has 1 aromatic heterocycles. The van der Waals surface area contributed by atoms with Crippen molar-refractivity contribution in [2.75, 3.05) is 13.2 Å². The number of rotatable bonds is 5. The molecule has 0 fully saturated rings. The van der Waals surface area contributed by atoms with Crippen molar-refractivity contribution in [3.05, 3.63) is 22.4 Å². The second-order valence-electron chi connectivity index (χ2n) is 3.41. The summed E-state index contributed by atoms with van der Waals surface area (Å²) in [6, 6.07) is 1.49. The molecule has 0 radical (unpaired) electrons. The predicted octanol–water partition coefficient (Wildman–Crippen LogP) is 1.67. The van der Waals surface area contributed by atoms with E-state index in [1.807, 2.05) is 23.8 Å². The highest BCUT2D eigenvalue weighted by molar-refractivity contribution is 7.07. The van der Waals surface area contributed by atoms with Crippen LogP contribution in [0.1, 0.15) is 25.5 Å². The Morgan fingerprint density at radius 2 is 2.29 bits per heavy atom. The maximum absolute atomic E-state index is 11.4. The fourth-order valence-corrected chi connectivity index (χ4v) is 1.97. The molecule has 5 nitrogen and oxygen atoms in total. The molecular formula is C11H16N2O3S. The van der Waals surface area contributed by atoms with Gasteiger partial charge in [0.05, 0.1) is 12.6 Å². The van der Waals surface area contributed by atoms with E-state index in [1.165, 1.54) is 0 Å². The average molecular weight is 256 g/mol. The third-order valence-corrected chi connectivity index (χ3v) is 2.79. The third-order valence-electron chi connectivity index (χ3n) is 2.09. The highest BCUT2D eigenvalue weighted by atomic mass is 32.1. The number of nitrogens with one attached hydrogen (secondary N) is 2. The van der Waals surface area contributed by atoms with Crippen LogP contribution in [0.25, 0.3) is 0 Å². The highest BCUT2D eigenvalue weighted by Gasteiger charge is 2.10. The minimum atomic E-state index is -0.439. The largest absolute Gasteiger partial charge is 0.465 e. The zero-order valence-electron chi connectivity index (χ0n) is 9.86. The van der Waals surface area contributed by atoms with Crippen molar-refractivity contribution in [1.82, 2.24) is 10.6 Å². The van der Waals surface area contributed by atoms with Gasteiger partial charge in [-0.1, -0.05) is 0 Å². The molecule has 1 aromatic rings. The van der Waals surface area contributed by atoms with Crippen LogP contribution in [0, 0.1) is 0 Å². The Balaban J connectivity index is 2.28. The maximum atomic E-state index is 11.4. The number of urea groups is 1. The molecule has 0 saturated heterocycles. The molecule has 17 heavy (non-hydrogen) atoms. The van der Waals surface area contributed by atoms with Crippen LogP contribution in [-0.2, 0) is 9.53 Å². The van der Waals surface area contributed by atoms with Crippen LogP contribution in [0.2, 0.25) is 0 Å². The lowest BCUT2D eigenvalue weighted by atomic mass is 10.2. The summed E-state index contributed by atoms with van der Waals surface area (Å²) in [6.45, 7) is 3.80. The number of amides is 2. The molecule has 6 heteroatoms. The van der Waals surface area contributed by atoms with Gasteiger partial charge in [-0.05, 0) is 36.2 Å². The second-order valence-corrected chi connectivity index (χ2v) is 4.19. The molecular weight excluding hydrogens is 240 g/mol. The van der Waals surface area contributed by atoms with Crippen molar-refractivity contribution in [2.45, 2.75) is 19.9 Å². The topological polar surface area (TPSA) is 67.4 Å². The first-order valence-corrected chi connectivity index (χ1v) is 6.29. The molecule has 1 atom stereocenters. The van der Waals surface area contributed by atoms with E-state index in [2.05, 4.69) is 15.4 Å². The van der Waals surface area contributed by atoms with Crippen LogP contribution >= 0.6 is 11.3 Å². The Bertz CT molecular complexity index is 365. The van der Waals surface area contributed by atoms with Gasteiger partial charge in [-0.25, -0.2) is 4.79 Å². The zero-order valence-corrected chi connectivity index (χ0v) is 10.7. The van der Waals surface area contributed by atoms with E-state index < -0.39 is 5.97 Å². The van der Waals surface area contributed by atoms with E-state index in [0.717, 1.165) is 5.56 Å². The number of hydrogen-bond donors (Lipinski definition) is 2. The molecule has 2 amide bonds. The molecule has 0 aromatic carbocycles. The Hall–Kier alpha value is -1.56. The third kappa shape index (κ3) is 4.86. The van der Waals surface area contributed by atoms with Gasteiger partial charge >= 0.3 is 12.0 Å². The molecule has 1 heterocycles. The van der Waals surface area contributed by atoms with E-state index in [0.29, 0.717) is 6.61 Å². The molecule has 1 rings (SSSR count). The van der Waals surface area contributed by atoms with E-state index in [1.54, 1.807) is 18.3 Å². The minimum absolute atomic E-state index is 0.0801. The van der Waals surface area contributed by atoms with Gasteiger partial charge in [0.1, 0.15) is 6.54 Å². The number of hydrogen-bond acceptors (Lipinski definition) is 4. The molecule has 0 bridgehead atoms. The van der Waals surface area contributed by atoms with Crippen LogP contribution in [0.4, 0.5) is 4.79 Å². The summed E-state index contributed by atoms with van der Waals surface area (Å²) in [5.74, 6) is -0.439. The average Bonchev–Trinajstić information content (AvgIpc) is 2.80. The van der Waals surface area contributed by atoms with Crippen LogP contribution in [-0.4, -0.2) is 25.2 Å². The molecule has 0 aliphatic rings. The fraction of sp³-hybridized carbons (Fsp3) is 0.455. The molecule has 0 aliphatic heterocycles. The standard InChI is InChI=1S/C11H16N2O3S/c1-3-16-10(14)6-12-11(15)13-8(2)9-4-5-17-7-9/h4-5,7-8H,3,6H2,1-2H3,(H2,12,13,15).